The number of alkyl halides is 3. The molecule has 0 saturated heterocycles. The molecule has 11 nitrogen and oxygen atoms in total. The molecule has 216 valence electrons. The number of nitrogens with one attached hydrogen (secondary N) is 1. The van der Waals surface area contributed by atoms with E-state index in [1.165, 1.54) is 20.2 Å². The summed E-state index contributed by atoms with van der Waals surface area (Å²) in [6, 6.07) is 8.95. The van der Waals surface area contributed by atoms with Crippen molar-refractivity contribution in [2.24, 2.45) is 5.73 Å². The number of methoxy groups -OCH3 is 1. The van der Waals surface area contributed by atoms with Gasteiger partial charge in [0, 0.05) is 30.3 Å². The van der Waals surface area contributed by atoms with Crippen LogP contribution in [-0.2, 0) is 27.4 Å². The first-order chi connectivity index (χ1) is 18.8. The number of pyridine rings is 1. The van der Waals surface area contributed by atoms with E-state index in [1.54, 1.807) is 12.1 Å². The van der Waals surface area contributed by atoms with Crippen molar-refractivity contribution in [3.63, 3.8) is 0 Å². The van der Waals surface area contributed by atoms with Crippen molar-refractivity contribution < 1.29 is 52.0 Å². The number of benzene rings is 2. The Morgan fingerprint density at radius 1 is 1.12 bits per heavy atom. The molecule has 1 amide bonds. The second-order valence-corrected chi connectivity index (χ2v) is 8.00. The van der Waals surface area contributed by atoms with Crippen molar-refractivity contribution in [2.75, 3.05) is 25.6 Å². The number of hydrogen-bond donors (Lipinski definition) is 4. The summed E-state index contributed by atoms with van der Waals surface area (Å²) >= 11 is 0. The van der Waals surface area contributed by atoms with Gasteiger partial charge in [-0.3, -0.25) is 14.6 Å². The van der Waals surface area contributed by atoms with Crippen molar-refractivity contribution in [3.8, 4) is 11.5 Å². The molecule has 0 aliphatic carbocycles. The van der Waals surface area contributed by atoms with Crippen molar-refractivity contribution in [2.45, 2.75) is 33.1 Å². The lowest BCUT2D eigenvalue weighted by atomic mass is 10.0. The zero-order chi connectivity index (χ0) is 30.0. The maximum atomic E-state index is 12.2. The molecule has 0 aliphatic heterocycles. The predicted molar refractivity (Wildman–Crippen MR) is 138 cm³/mol. The van der Waals surface area contributed by atoms with Gasteiger partial charge in [0.2, 0.25) is 0 Å². The van der Waals surface area contributed by atoms with Crippen LogP contribution in [0.1, 0.15) is 35.3 Å². The summed E-state index contributed by atoms with van der Waals surface area (Å²) in [5.74, 6) is -2.95. The van der Waals surface area contributed by atoms with Crippen LogP contribution in [0.5, 0.6) is 11.5 Å². The first-order valence-corrected chi connectivity index (χ1v) is 11.7. The van der Waals surface area contributed by atoms with Crippen LogP contribution >= 0.6 is 0 Å². The highest BCUT2D eigenvalue weighted by molar-refractivity contribution is 6.08. The predicted octanol–water partition coefficient (Wildman–Crippen LogP) is 3.72. The Morgan fingerprint density at radius 2 is 1.80 bits per heavy atom. The number of fused-ring (bicyclic) bond motifs is 1. The van der Waals surface area contributed by atoms with Crippen molar-refractivity contribution in [1.29, 1.82) is 0 Å². The molecule has 1 heterocycles. The molecule has 0 spiro atoms. The third-order valence-corrected chi connectivity index (χ3v) is 5.36. The second kappa shape index (κ2) is 14.0. The number of ether oxygens (including phenoxy) is 3. The smallest absolute Gasteiger partial charge is 0.490 e. The molecule has 3 rings (SSSR count). The number of aliphatic hydroxyl groups excluding tert-OH is 1. The van der Waals surface area contributed by atoms with Gasteiger partial charge in [-0.15, -0.1) is 0 Å². The number of hydrogen-bond acceptors (Lipinski definition) is 9. The van der Waals surface area contributed by atoms with Gasteiger partial charge in [0.15, 0.2) is 11.5 Å². The average molecular weight is 568 g/mol. The lowest BCUT2D eigenvalue weighted by molar-refractivity contribution is -0.192. The number of carbonyl (C=O) groups is 3. The number of halogens is 3. The molecule has 3 aromatic rings. The summed E-state index contributed by atoms with van der Waals surface area (Å²) in [6.07, 6.45) is -3.00. The summed E-state index contributed by atoms with van der Waals surface area (Å²) in [4.78, 5) is 36.4. The minimum absolute atomic E-state index is 0.0956. The zero-order valence-corrected chi connectivity index (χ0v) is 21.8. The standard InChI is InChI=1S/C24H27N3O6.C2HF3O2/c1-4-16-15(13-28)6-5-7-19(16)27-23-17-10-21(31-3)22(33-9-8-32-14(2)29)11-20(17)26-12-18(23)24(25)30;3-2(4,5)1(6)7/h5-7,10-12,28H,4,8-9,13H2,1-3H3,(H2,25,30)(H,26,27);(H,6,7). The number of aliphatic hydroxyl groups is 1. The number of carboxylic acid groups (broad SMARTS) is 1. The monoisotopic (exact) mass is 567 g/mol. The van der Waals surface area contributed by atoms with E-state index in [-0.39, 0.29) is 25.4 Å². The fourth-order valence-corrected chi connectivity index (χ4v) is 3.58. The fourth-order valence-electron chi connectivity index (χ4n) is 3.58. The van der Waals surface area contributed by atoms with E-state index in [9.17, 15) is 27.9 Å². The van der Waals surface area contributed by atoms with Gasteiger partial charge in [0.25, 0.3) is 5.91 Å². The Kier molecular flexibility index (Phi) is 11.1. The number of nitrogens with zero attached hydrogens (tertiary/aromatic N) is 1. The van der Waals surface area contributed by atoms with Crippen molar-refractivity contribution in [3.05, 3.63) is 53.2 Å². The quantitative estimate of drug-likeness (QED) is 0.209. The largest absolute Gasteiger partial charge is 0.493 e. The van der Waals surface area contributed by atoms with Crippen LogP contribution in [0.4, 0.5) is 24.5 Å². The maximum absolute atomic E-state index is 12.2. The number of primary amides is 1. The molecule has 0 atom stereocenters. The third kappa shape index (κ3) is 8.20. The van der Waals surface area contributed by atoms with Gasteiger partial charge in [-0.25, -0.2) is 4.79 Å². The number of amides is 1. The normalized spacial score (nSPS) is 10.8. The number of rotatable bonds is 10. The van der Waals surface area contributed by atoms with Crippen LogP contribution in [0, 0.1) is 0 Å². The van der Waals surface area contributed by atoms with Gasteiger partial charge in [0.1, 0.15) is 13.2 Å². The second-order valence-electron chi connectivity index (χ2n) is 8.00. The summed E-state index contributed by atoms with van der Waals surface area (Å²) in [5, 5.41) is 20.8. The van der Waals surface area contributed by atoms with E-state index in [0.29, 0.717) is 34.5 Å². The van der Waals surface area contributed by atoms with Crippen LogP contribution < -0.4 is 20.5 Å². The van der Waals surface area contributed by atoms with Crippen LogP contribution in [0.3, 0.4) is 0 Å². The fraction of sp³-hybridized carbons (Fsp3) is 0.308. The van der Waals surface area contributed by atoms with E-state index in [0.717, 1.165) is 16.8 Å². The molecular weight excluding hydrogens is 539 g/mol. The van der Waals surface area contributed by atoms with E-state index < -0.39 is 24.0 Å². The molecule has 0 bridgehead atoms. The number of aliphatic carboxylic acids is 1. The summed E-state index contributed by atoms with van der Waals surface area (Å²) in [7, 11) is 1.50. The number of carboxylic acids is 1. The van der Waals surface area contributed by atoms with Crippen LogP contribution in [0.25, 0.3) is 10.9 Å². The highest BCUT2D eigenvalue weighted by Crippen LogP contribution is 2.38. The molecule has 5 N–H and O–H groups in total. The third-order valence-electron chi connectivity index (χ3n) is 5.36. The molecule has 0 aliphatic rings. The van der Waals surface area contributed by atoms with Crippen molar-refractivity contribution >= 4 is 40.1 Å². The minimum atomic E-state index is -5.08. The summed E-state index contributed by atoms with van der Waals surface area (Å²) in [5.41, 5.74) is 9.34. The molecule has 14 heteroatoms. The maximum Gasteiger partial charge on any atom is 0.490 e. The van der Waals surface area contributed by atoms with Gasteiger partial charge >= 0.3 is 18.1 Å². The van der Waals surface area contributed by atoms with Crippen molar-refractivity contribution in [1.82, 2.24) is 4.98 Å². The van der Waals surface area contributed by atoms with E-state index >= 15 is 0 Å². The van der Waals surface area contributed by atoms with Gasteiger partial charge in [-0.2, -0.15) is 13.2 Å². The van der Waals surface area contributed by atoms with Gasteiger partial charge in [0.05, 0.1) is 30.5 Å². The van der Waals surface area contributed by atoms with E-state index in [1.807, 2.05) is 25.1 Å². The Balaban J connectivity index is 0.000000708. The van der Waals surface area contributed by atoms with Crippen LogP contribution in [0.2, 0.25) is 0 Å². The van der Waals surface area contributed by atoms with Gasteiger partial charge < -0.3 is 35.5 Å². The SMILES string of the molecule is CCc1c(CO)cccc1Nc1c(C(N)=O)cnc2cc(OCCOC(C)=O)c(OC)cc12.O=C(O)C(F)(F)F. The van der Waals surface area contributed by atoms with Gasteiger partial charge in [-0.05, 0) is 29.7 Å². The topological polar surface area (TPSA) is 170 Å². The molecule has 0 saturated carbocycles. The molecule has 0 fully saturated rings. The molecule has 0 radical (unpaired) electrons. The Labute approximate surface area is 226 Å². The molecular formula is C26H28F3N3O8. The van der Waals surface area contributed by atoms with Crippen LogP contribution in [-0.4, -0.2) is 59.5 Å². The lowest BCUT2D eigenvalue weighted by Crippen LogP contribution is -2.21. The van der Waals surface area contributed by atoms with E-state index in [2.05, 4.69) is 10.3 Å². The average Bonchev–Trinajstić information content (AvgIpc) is 2.90. The molecule has 1 aromatic heterocycles. The lowest BCUT2D eigenvalue weighted by Gasteiger charge is -2.19. The number of carbonyl (C=O) groups excluding carboxylic acids is 2. The number of aromatic nitrogens is 1. The minimum Gasteiger partial charge on any atom is -0.493 e. The number of esters is 1. The highest BCUT2D eigenvalue weighted by atomic mass is 19.4. The first-order valence-electron chi connectivity index (χ1n) is 11.7. The van der Waals surface area contributed by atoms with E-state index in [4.69, 9.17) is 29.8 Å². The van der Waals surface area contributed by atoms with Gasteiger partial charge in [-0.1, -0.05) is 19.1 Å². The number of nitrogens with two attached hydrogens (primary N) is 1. The highest BCUT2D eigenvalue weighted by Gasteiger charge is 2.38. The molecule has 40 heavy (non-hydrogen) atoms. The summed E-state index contributed by atoms with van der Waals surface area (Å²) in [6.45, 7) is 3.45. The Morgan fingerprint density at radius 3 is 2.33 bits per heavy atom. The van der Waals surface area contributed by atoms with Crippen LogP contribution in [0.15, 0.2) is 36.5 Å². The molecule has 2 aromatic carbocycles. The Hall–Kier alpha value is -4.59. The number of anilines is 2. The summed E-state index contributed by atoms with van der Waals surface area (Å²) < 4.78 is 47.8. The zero-order valence-electron chi connectivity index (χ0n) is 21.8. The first kappa shape index (κ1) is 31.6. The molecule has 0 unspecified atom stereocenters. The Bertz CT molecular complexity index is 1380.